The summed E-state index contributed by atoms with van der Waals surface area (Å²) in [6, 6.07) is 29.3. The molecule has 0 spiro atoms. The molecule has 0 aliphatic carbocycles. The van der Waals surface area contributed by atoms with Crippen molar-refractivity contribution >= 4 is 32.8 Å². The predicted molar refractivity (Wildman–Crippen MR) is 118 cm³/mol. The topological polar surface area (TPSA) is 46.5 Å². The van der Waals surface area contributed by atoms with E-state index in [1.165, 1.54) is 21.9 Å². The van der Waals surface area contributed by atoms with Gasteiger partial charge in [-0.25, -0.2) is 4.98 Å². The summed E-state index contributed by atoms with van der Waals surface area (Å²) in [6.45, 7) is 0.782. The van der Waals surface area contributed by atoms with Gasteiger partial charge in [-0.1, -0.05) is 60.7 Å². The minimum atomic E-state index is 0.782. The van der Waals surface area contributed by atoms with Crippen LogP contribution < -0.4 is 0 Å². The van der Waals surface area contributed by atoms with Gasteiger partial charge in [-0.05, 0) is 29.8 Å². The molecule has 3 aromatic carbocycles. The summed E-state index contributed by atoms with van der Waals surface area (Å²) < 4.78 is 2.36. The van der Waals surface area contributed by atoms with Gasteiger partial charge in [0.2, 0.25) is 0 Å². The van der Waals surface area contributed by atoms with Gasteiger partial charge in [0.05, 0.1) is 16.6 Å². The van der Waals surface area contributed by atoms with E-state index in [-0.39, 0.29) is 0 Å². The van der Waals surface area contributed by atoms with E-state index in [9.17, 15) is 0 Å². The van der Waals surface area contributed by atoms with E-state index in [0.717, 1.165) is 34.6 Å². The molecule has 0 saturated heterocycles. The lowest BCUT2D eigenvalue weighted by Gasteiger charge is -2.09. The number of benzene rings is 3. The molecule has 29 heavy (non-hydrogen) atoms. The van der Waals surface area contributed by atoms with Crippen molar-refractivity contribution in [2.24, 2.45) is 0 Å². The number of fused-ring (bicyclic) bond motifs is 4. The summed E-state index contributed by atoms with van der Waals surface area (Å²) in [5, 5.41) is 2.43. The molecule has 3 heterocycles. The van der Waals surface area contributed by atoms with Crippen molar-refractivity contribution in [2.45, 2.75) is 6.54 Å². The van der Waals surface area contributed by atoms with Gasteiger partial charge < -0.3 is 9.55 Å². The second kappa shape index (κ2) is 6.31. The number of aromatic nitrogens is 4. The Kier molecular flexibility index (Phi) is 3.50. The van der Waals surface area contributed by atoms with Gasteiger partial charge >= 0.3 is 0 Å². The van der Waals surface area contributed by atoms with Crippen LogP contribution in [0, 0.1) is 0 Å². The quantitative estimate of drug-likeness (QED) is 0.427. The number of para-hydroxylation sites is 3. The number of nitrogens with one attached hydrogen (secondary N) is 1. The van der Waals surface area contributed by atoms with Gasteiger partial charge in [0, 0.05) is 29.0 Å². The number of hydrogen-bond acceptors (Lipinski definition) is 2. The Balaban J connectivity index is 1.68. The molecule has 0 fully saturated rings. The Bertz CT molecular complexity index is 1440. The number of H-pyrrole nitrogens is 1. The van der Waals surface area contributed by atoms with Gasteiger partial charge in [-0.2, -0.15) is 0 Å². The summed E-state index contributed by atoms with van der Waals surface area (Å²) in [6.07, 6.45) is 1.88. The van der Waals surface area contributed by atoms with E-state index in [2.05, 4.69) is 70.2 Å². The van der Waals surface area contributed by atoms with Crippen LogP contribution in [-0.4, -0.2) is 19.5 Å². The summed E-state index contributed by atoms with van der Waals surface area (Å²) in [7, 11) is 0. The first-order valence-electron chi connectivity index (χ1n) is 9.73. The van der Waals surface area contributed by atoms with E-state index in [0.29, 0.717) is 0 Å². The van der Waals surface area contributed by atoms with Gasteiger partial charge in [-0.15, -0.1) is 0 Å². The van der Waals surface area contributed by atoms with Gasteiger partial charge in [0.25, 0.3) is 0 Å². The maximum absolute atomic E-state index is 4.82. The largest absolute Gasteiger partial charge is 0.337 e. The van der Waals surface area contributed by atoms with Crippen molar-refractivity contribution in [3.05, 3.63) is 96.7 Å². The molecule has 4 heteroatoms. The summed E-state index contributed by atoms with van der Waals surface area (Å²) in [5.74, 6) is 0.800. The van der Waals surface area contributed by atoms with Crippen molar-refractivity contribution in [1.29, 1.82) is 0 Å². The minimum absolute atomic E-state index is 0.782. The predicted octanol–water partition coefficient (Wildman–Crippen LogP) is 5.78. The van der Waals surface area contributed by atoms with Crippen LogP contribution in [0.3, 0.4) is 0 Å². The third kappa shape index (κ3) is 2.53. The van der Waals surface area contributed by atoms with Crippen LogP contribution >= 0.6 is 0 Å². The average Bonchev–Trinajstić information content (AvgIpc) is 3.35. The summed E-state index contributed by atoms with van der Waals surface area (Å²) >= 11 is 0. The molecule has 0 aliphatic heterocycles. The van der Waals surface area contributed by atoms with Crippen LogP contribution in [0.2, 0.25) is 0 Å². The van der Waals surface area contributed by atoms with E-state index in [1.807, 2.05) is 30.5 Å². The number of pyridine rings is 1. The van der Waals surface area contributed by atoms with Crippen molar-refractivity contribution in [1.82, 2.24) is 19.5 Å². The molecule has 0 amide bonds. The molecule has 4 nitrogen and oxygen atoms in total. The first kappa shape index (κ1) is 16.1. The molecule has 138 valence electrons. The third-order valence-corrected chi connectivity index (χ3v) is 5.48. The van der Waals surface area contributed by atoms with Gasteiger partial charge in [-0.3, -0.25) is 4.98 Å². The van der Waals surface area contributed by atoms with Crippen LogP contribution in [0.5, 0.6) is 0 Å². The Labute approximate surface area is 167 Å². The molecule has 3 aromatic heterocycles. The first-order chi connectivity index (χ1) is 14.4. The van der Waals surface area contributed by atoms with Crippen LogP contribution in [0.15, 0.2) is 91.1 Å². The fourth-order valence-electron chi connectivity index (χ4n) is 4.17. The zero-order chi connectivity index (χ0) is 19.2. The molecular weight excluding hydrogens is 356 g/mol. The Morgan fingerprint density at radius 1 is 0.759 bits per heavy atom. The molecule has 0 bridgehead atoms. The molecule has 6 rings (SSSR count). The van der Waals surface area contributed by atoms with Crippen LogP contribution in [0.4, 0.5) is 0 Å². The second-order valence-electron chi connectivity index (χ2n) is 7.25. The second-order valence-corrected chi connectivity index (χ2v) is 7.25. The number of imidazole rings is 1. The molecule has 0 aliphatic rings. The highest BCUT2D eigenvalue weighted by atomic mass is 15.0. The Hall–Kier alpha value is -3.92. The molecule has 0 radical (unpaired) electrons. The molecule has 0 saturated carbocycles. The van der Waals surface area contributed by atoms with Crippen LogP contribution in [-0.2, 0) is 6.54 Å². The summed E-state index contributed by atoms with van der Waals surface area (Å²) in [4.78, 5) is 13.0. The highest BCUT2D eigenvalue weighted by Gasteiger charge is 2.18. The summed E-state index contributed by atoms with van der Waals surface area (Å²) in [5.41, 5.74) is 6.42. The monoisotopic (exact) mass is 374 g/mol. The van der Waals surface area contributed by atoms with Crippen molar-refractivity contribution in [3.8, 4) is 11.5 Å². The normalized spacial score (nSPS) is 11.6. The zero-order valence-corrected chi connectivity index (χ0v) is 15.7. The van der Waals surface area contributed by atoms with E-state index < -0.39 is 0 Å². The number of aromatic amines is 1. The number of rotatable bonds is 3. The lowest BCUT2D eigenvalue weighted by molar-refractivity contribution is 0.867. The van der Waals surface area contributed by atoms with E-state index in [1.54, 1.807) is 0 Å². The standard InChI is InChI=1S/C25H18N4/c1-2-8-17(9-3-1)16-29-22-13-7-4-10-18(22)19-14-15-26-23(24(19)29)25-27-20-11-5-6-12-21(20)28-25/h1-15H,16H2,(H,27,28). The van der Waals surface area contributed by atoms with Gasteiger partial charge in [0.15, 0.2) is 5.82 Å². The van der Waals surface area contributed by atoms with Crippen molar-refractivity contribution in [3.63, 3.8) is 0 Å². The third-order valence-electron chi connectivity index (χ3n) is 5.48. The Morgan fingerprint density at radius 2 is 1.55 bits per heavy atom. The first-order valence-corrected chi connectivity index (χ1v) is 9.73. The lowest BCUT2D eigenvalue weighted by atomic mass is 10.1. The number of hydrogen-bond donors (Lipinski definition) is 1. The Morgan fingerprint density at radius 3 is 2.45 bits per heavy atom. The number of nitrogens with zero attached hydrogens (tertiary/aromatic N) is 3. The molecular formula is C25H18N4. The average molecular weight is 374 g/mol. The highest BCUT2D eigenvalue weighted by molar-refractivity contribution is 6.11. The minimum Gasteiger partial charge on any atom is -0.337 e. The molecule has 0 atom stereocenters. The highest BCUT2D eigenvalue weighted by Crippen LogP contribution is 2.34. The van der Waals surface area contributed by atoms with Gasteiger partial charge in [0.1, 0.15) is 5.69 Å². The maximum atomic E-state index is 4.82. The SMILES string of the molecule is c1ccc(Cn2c3ccccc3c3ccnc(-c4nc5ccccc5[nH]4)c32)cc1. The van der Waals surface area contributed by atoms with Crippen LogP contribution in [0.25, 0.3) is 44.4 Å². The smallest absolute Gasteiger partial charge is 0.159 e. The molecule has 0 unspecified atom stereocenters. The fourth-order valence-corrected chi connectivity index (χ4v) is 4.17. The van der Waals surface area contributed by atoms with Crippen molar-refractivity contribution < 1.29 is 0 Å². The lowest BCUT2D eigenvalue weighted by Crippen LogP contribution is -2.01. The molecule has 1 N–H and O–H groups in total. The van der Waals surface area contributed by atoms with Crippen molar-refractivity contribution in [2.75, 3.05) is 0 Å². The van der Waals surface area contributed by atoms with E-state index in [4.69, 9.17) is 9.97 Å². The van der Waals surface area contributed by atoms with Crippen LogP contribution in [0.1, 0.15) is 5.56 Å². The molecule has 6 aromatic rings. The van der Waals surface area contributed by atoms with E-state index >= 15 is 0 Å². The maximum Gasteiger partial charge on any atom is 0.159 e. The zero-order valence-electron chi connectivity index (χ0n) is 15.7. The fraction of sp³-hybridized carbons (Fsp3) is 0.0400.